The van der Waals surface area contributed by atoms with E-state index in [1.165, 1.54) is 14.0 Å². The zero-order valence-electron chi connectivity index (χ0n) is 12.1. The molecule has 0 saturated heterocycles. The van der Waals surface area contributed by atoms with E-state index in [9.17, 15) is 4.79 Å². The summed E-state index contributed by atoms with van der Waals surface area (Å²) in [7, 11) is 1.42. The third kappa shape index (κ3) is 3.92. The summed E-state index contributed by atoms with van der Waals surface area (Å²) in [5, 5.41) is 3.82. The number of ether oxygens (including phenoxy) is 1. The maximum atomic E-state index is 11.7. The van der Waals surface area contributed by atoms with Crippen LogP contribution in [0.1, 0.15) is 18.1 Å². The summed E-state index contributed by atoms with van der Waals surface area (Å²) in [4.78, 5) is 16.5. The maximum Gasteiger partial charge on any atom is 0.182 e. The molecule has 0 aliphatic heterocycles. The quantitative estimate of drug-likeness (QED) is 0.604. The van der Waals surface area contributed by atoms with Crippen LogP contribution in [0.3, 0.4) is 0 Å². The molecule has 0 radical (unpaired) electrons. The lowest BCUT2D eigenvalue weighted by Crippen LogP contribution is -2.15. The highest BCUT2D eigenvalue weighted by molar-refractivity contribution is 6.45. The smallest absolute Gasteiger partial charge is 0.182 e. The fourth-order valence-electron chi connectivity index (χ4n) is 1.95. The van der Waals surface area contributed by atoms with Gasteiger partial charge in [-0.25, -0.2) is 0 Å². The number of rotatable bonds is 6. The van der Waals surface area contributed by atoms with Gasteiger partial charge in [0.2, 0.25) is 0 Å². The van der Waals surface area contributed by atoms with Gasteiger partial charge in [0.05, 0.1) is 0 Å². The molecular formula is C17H17NO3. The molecule has 2 aromatic rings. The van der Waals surface area contributed by atoms with Crippen LogP contribution in [-0.4, -0.2) is 18.6 Å². The molecule has 2 rings (SSSR count). The molecule has 0 amide bonds. The van der Waals surface area contributed by atoms with E-state index in [-0.39, 0.29) is 5.78 Å². The SMILES string of the molecule is CO/N=C(\C(C)=O)c1ccccc1COc1ccccc1. The number of hydrogen-bond acceptors (Lipinski definition) is 4. The number of ketones is 1. The van der Waals surface area contributed by atoms with Gasteiger partial charge in [-0.3, -0.25) is 4.79 Å². The number of Topliss-reactive ketones (excluding diaryl/α,β-unsaturated/α-hetero) is 1. The van der Waals surface area contributed by atoms with Gasteiger partial charge in [0.25, 0.3) is 0 Å². The number of oxime groups is 1. The van der Waals surface area contributed by atoms with Crippen LogP contribution in [-0.2, 0) is 16.2 Å². The summed E-state index contributed by atoms with van der Waals surface area (Å²) < 4.78 is 5.73. The second-order valence-corrected chi connectivity index (χ2v) is 4.44. The van der Waals surface area contributed by atoms with E-state index in [0.717, 1.165) is 16.9 Å². The predicted molar refractivity (Wildman–Crippen MR) is 81.4 cm³/mol. The highest BCUT2D eigenvalue weighted by atomic mass is 16.6. The van der Waals surface area contributed by atoms with Gasteiger partial charge in [-0.05, 0) is 17.7 Å². The van der Waals surface area contributed by atoms with E-state index in [1.54, 1.807) is 0 Å². The third-order valence-electron chi connectivity index (χ3n) is 2.93. The first-order chi connectivity index (χ1) is 10.2. The Hall–Kier alpha value is -2.62. The molecule has 0 N–H and O–H groups in total. The zero-order valence-corrected chi connectivity index (χ0v) is 12.1. The van der Waals surface area contributed by atoms with Crippen LogP contribution in [0.25, 0.3) is 0 Å². The Morgan fingerprint density at radius 1 is 1.05 bits per heavy atom. The Balaban J connectivity index is 2.24. The molecule has 21 heavy (non-hydrogen) atoms. The molecule has 0 saturated carbocycles. The lowest BCUT2D eigenvalue weighted by Gasteiger charge is -2.11. The number of hydrogen-bond donors (Lipinski definition) is 0. The highest BCUT2D eigenvalue weighted by Gasteiger charge is 2.14. The Morgan fingerprint density at radius 3 is 2.38 bits per heavy atom. The van der Waals surface area contributed by atoms with Gasteiger partial charge in [0, 0.05) is 12.5 Å². The minimum Gasteiger partial charge on any atom is -0.489 e. The lowest BCUT2D eigenvalue weighted by molar-refractivity contribution is -0.111. The third-order valence-corrected chi connectivity index (χ3v) is 2.93. The molecule has 4 nitrogen and oxygen atoms in total. The van der Waals surface area contributed by atoms with Crippen molar-refractivity contribution < 1.29 is 14.4 Å². The van der Waals surface area contributed by atoms with Crippen LogP contribution in [0.4, 0.5) is 0 Å². The van der Waals surface area contributed by atoms with Gasteiger partial charge in [0.15, 0.2) is 11.5 Å². The molecule has 0 bridgehead atoms. The van der Waals surface area contributed by atoms with Crippen molar-refractivity contribution in [2.45, 2.75) is 13.5 Å². The van der Waals surface area contributed by atoms with Crippen LogP contribution in [0.15, 0.2) is 59.8 Å². The topological polar surface area (TPSA) is 47.9 Å². The lowest BCUT2D eigenvalue weighted by atomic mass is 10.0. The monoisotopic (exact) mass is 283 g/mol. The molecule has 0 aromatic heterocycles. The fraction of sp³-hybridized carbons (Fsp3) is 0.176. The van der Waals surface area contributed by atoms with E-state index in [4.69, 9.17) is 9.57 Å². The Labute approximate surface area is 124 Å². The van der Waals surface area contributed by atoms with Crippen molar-refractivity contribution in [3.63, 3.8) is 0 Å². The van der Waals surface area contributed by atoms with E-state index in [1.807, 2.05) is 54.6 Å². The van der Waals surface area contributed by atoms with Crippen molar-refractivity contribution in [2.24, 2.45) is 5.16 Å². The van der Waals surface area contributed by atoms with E-state index < -0.39 is 0 Å². The number of carbonyl (C=O) groups excluding carboxylic acids is 1. The zero-order chi connectivity index (χ0) is 15.1. The van der Waals surface area contributed by atoms with E-state index >= 15 is 0 Å². The van der Waals surface area contributed by atoms with Crippen molar-refractivity contribution in [1.82, 2.24) is 0 Å². The minimum absolute atomic E-state index is 0.149. The first kappa shape index (κ1) is 14.8. The maximum absolute atomic E-state index is 11.7. The molecule has 2 aromatic carbocycles. The number of nitrogens with zero attached hydrogens (tertiary/aromatic N) is 1. The summed E-state index contributed by atoms with van der Waals surface area (Å²) in [5.41, 5.74) is 1.90. The Bertz CT molecular complexity index is 635. The molecule has 0 fully saturated rings. The minimum atomic E-state index is -0.149. The first-order valence-electron chi connectivity index (χ1n) is 6.60. The van der Waals surface area contributed by atoms with Gasteiger partial charge < -0.3 is 9.57 Å². The molecule has 0 spiro atoms. The summed E-state index contributed by atoms with van der Waals surface area (Å²) in [6.07, 6.45) is 0. The largest absolute Gasteiger partial charge is 0.489 e. The molecular weight excluding hydrogens is 266 g/mol. The first-order valence-corrected chi connectivity index (χ1v) is 6.60. The van der Waals surface area contributed by atoms with Crippen LogP contribution < -0.4 is 4.74 Å². The Kier molecular flexibility index (Phi) is 5.10. The van der Waals surface area contributed by atoms with Crippen molar-refractivity contribution in [3.05, 3.63) is 65.7 Å². The van der Waals surface area contributed by atoms with E-state index in [2.05, 4.69) is 5.16 Å². The molecule has 0 aliphatic carbocycles. The number of benzene rings is 2. The average Bonchev–Trinajstić information content (AvgIpc) is 2.52. The van der Waals surface area contributed by atoms with Crippen LogP contribution in [0, 0.1) is 0 Å². The van der Waals surface area contributed by atoms with Crippen LogP contribution in [0.2, 0.25) is 0 Å². The number of carbonyl (C=O) groups is 1. The molecule has 108 valence electrons. The van der Waals surface area contributed by atoms with Crippen LogP contribution >= 0.6 is 0 Å². The fourth-order valence-corrected chi connectivity index (χ4v) is 1.95. The average molecular weight is 283 g/mol. The van der Waals surface area contributed by atoms with Gasteiger partial charge in [-0.1, -0.05) is 47.6 Å². The van der Waals surface area contributed by atoms with Gasteiger partial charge in [0.1, 0.15) is 19.5 Å². The number of para-hydroxylation sites is 1. The molecule has 0 heterocycles. The second kappa shape index (κ2) is 7.24. The van der Waals surface area contributed by atoms with Crippen molar-refractivity contribution in [2.75, 3.05) is 7.11 Å². The molecule has 0 atom stereocenters. The van der Waals surface area contributed by atoms with Crippen molar-refractivity contribution >= 4 is 11.5 Å². The van der Waals surface area contributed by atoms with E-state index in [0.29, 0.717) is 12.3 Å². The normalized spacial score (nSPS) is 11.0. The summed E-state index contributed by atoms with van der Waals surface area (Å²) in [5.74, 6) is 0.629. The van der Waals surface area contributed by atoms with Crippen molar-refractivity contribution in [1.29, 1.82) is 0 Å². The predicted octanol–water partition coefficient (Wildman–Crippen LogP) is 3.21. The van der Waals surface area contributed by atoms with Gasteiger partial charge in [-0.15, -0.1) is 0 Å². The van der Waals surface area contributed by atoms with Crippen molar-refractivity contribution in [3.8, 4) is 5.75 Å². The van der Waals surface area contributed by atoms with Gasteiger partial charge in [-0.2, -0.15) is 0 Å². The standard InChI is InChI=1S/C17H17NO3/c1-13(19)17(18-20-2)16-11-7-6-8-14(16)12-21-15-9-4-3-5-10-15/h3-11H,12H2,1-2H3/b18-17+. The Morgan fingerprint density at radius 2 is 1.71 bits per heavy atom. The molecule has 4 heteroatoms. The van der Waals surface area contributed by atoms with Gasteiger partial charge >= 0.3 is 0 Å². The van der Waals surface area contributed by atoms with Crippen LogP contribution in [0.5, 0.6) is 5.75 Å². The highest BCUT2D eigenvalue weighted by Crippen LogP contribution is 2.16. The second-order valence-electron chi connectivity index (χ2n) is 4.44. The molecule has 0 aliphatic rings. The summed E-state index contributed by atoms with van der Waals surface area (Å²) in [6, 6.07) is 17.0. The summed E-state index contributed by atoms with van der Waals surface area (Å²) >= 11 is 0. The molecule has 0 unspecified atom stereocenters. The summed E-state index contributed by atoms with van der Waals surface area (Å²) in [6.45, 7) is 1.82.